The van der Waals surface area contributed by atoms with Crippen molar-refractivity contribution in [2.75, 3.05) is 13.1 Å². The first-order valence-electron chi connectivity index (χ1n) is 5.51. The summed E-state index contributed by atoms with van der Waals surface area (Å²) in [5.74, 6) is 0.817. The Labute approximate surface area is 94.6 Å². The monoisotopic (exact) mass is 218 g/mol. The Bertz CT molecular complexity index is 362. The van der Waals surface area contributed by atoms with Gasteiger partial charge in [0.1, 0.15) is 0 Å². The van der Waals surface area contributed by atoms with Crippen LogP contribution in [0.5, 0.6) is 0 Å². The van der Waals surface area contributed by atoms with Crippen molar-refractivity contribution < 1.29 is 5.21 Å². The minimum atomic E-state index is 0.00282. The first-order valence-corrected chi connectivity index (χ1v) is 5.51. The highest BCUT2D eigenvalue weighted by atomic mass is 16.4. The molecule has 0 aromatic rings. The van der Waals surface area contributed by atoms with Crippen LogP contribution in [0.1, 0.15) is 19.3 Å². The molecule has 5 nitrogen and oxygen atoms in total. The molecule has 84 valence electrons. The lowest BCUT2D eigenvalue weighted by Crippen LogP contribution is -2.45. The van der Waals surface area contributed by atoms with Crippen LogP contribution in [0, 0.1) is 34.5 Å². The second kappa shape index (κ2) is 4.51. The molecule has 2 bridgehead atoms. The van der Waals surface area contributed by atoms with Crippen LogP contribution < -0.4 is 0 Å². The van der Waals surface area contributed by atoms with Crippen molar-refractivity contribution in [3.63, 3.8) is 0 Å². The molecule has 0 aliphatic heterocycles. The molecule has 5 heteroatoms. The highest BCUT2D eigenvalue weighted by Crippen LogP contribution is 2.44. The molecule has 2 saturated carbocycles. The number of rotatable bonds is 3. The Morgan fingerprint density at radius 1 is 1.31 bits per heavy atom. The highest BCUT2D eigenvalue weighted by Gasteiger charge is 2.47. The smallest absolute Gasteiger partial charge is 0.0879 e. The maximum Gasteiger partial charge on any atom is 0.0879 e. The van der Waals surface area contributed by atoms with Gasteiger partial charge in [0.2, 0.25) is 0 Å². The van der Waals surface area contributed by atoms with E-state index in [0.717, 1.165) is 25.0 Å². The minimum Gasteiger partial charge on any atom is -0.411 e. The third-order valence-electron chi connectivity index (χ3n) is 3.70. The molecule has 0 unspecified atom stereocenters. The Morgan fingerprint density at radius 2 is 2.00 bits per heavy atom. The number of nitrogens with zero attached hydrogens (tertiary/aromatic N) is 4. The standard InChI is InChI=1S/C11H14N4O/c12-3-5-15(6-4-13)11-9-2-1-8(7-9)10(11)14-16/h8-9,11,16H,1-2,5-7H2/b14-10+/t8-,9+,11-/m0/s1. The van der Waals surface area contributed by atoms with Crippen LogP contribution in [0.3, 0.4) is 0 Å². The molecular formula is C11H14N4O. The Morgan fingerprint density at radius 3 is 2.56 bits per heavy atom. The Balaban J connectivity index is 2.18. The number of hydrogen-bond donors (Lipinski definition) is 1. The summed E-state index contributed by atoms with van der Waals surface area (Å²) in [5.41, 5.74) is 0.779. The lowest BCUT2D eigenvalue weighted by molar-refractivity contribution is 0.232. The van der Waals surface area contributed by atoms with E-state index in [-0.39, 0.29) is 19.1 Å². The van der Waals surface area contributed by atoms with Gasteiger partial charge in [0.05, 0.1) is 37.0 Å². The molecule has 0 amide bonds. The molecule has 16 heavy (non-hydrogen) atoms. The van der Waals surface area contributed by atoms with Crippen molar-refractivity contribution in [2.45, 2.75) is 25.3 Å². The summed E-state index contributed by atoms with van der Waals surface area (Å²) in [4.78, 5) is 1.82. The molecule has 0 saturated heterocycles. The van der Waals surface area contributed by atoms with E-state index in [0.29, 0.717) is 11.8 Å². The second-order valence-electron chi connectivity index (χ2n) is 4.46. The van der Waals surface area contributed by atoms with Gasteiger partial charge in [-0.2, -0.15) is 10.5 Å². The number of oxime groups is 1. The fraction of sp³-hybridized carbons (Fsp3) is 0.727. The Hall–Kier alpha value is -1.59. The fourth-order valence-corrected chi connectivity index (χ4v) is 3.12. The lowest BCUT2D eigenvalue weighted by atomic mass is 9.92. The van der Waals surface area contributed by atoms with Gasteiger partial charge in [0.15, 0.2) is 0 Å². The molecule has 0 spiro atoms. The zero-order chi connectivity index (χ0) is 11.5. The van der Waals surface area contributed by atoms with Crippen LogP contribution in [0.15, 0.2) is 5.16 Å². The van der Waals surface area contributed by atoms with Gasteiger partial charge in [-0.05, 0) is 25.2 Å². The van der Waals surface area contributed by atoms with Gasteiger partial charge in [-0.3, -0.25) is 4.90 Å². The van der Waals surface area contributed by atoms with Gasteiger partial charge in [-0.25, -0.2) is 0 Å². The third kappa shape index (κ3) is 1.64. The van der Waals surface area contributed by atoms with E-state index in [1.54, 1.807) is 0 Å². The molecule has 2 aliphatic rings. The van der Waals surface area contributed by atoms with E-state index in [9.17, 15) is 0 Å². The van der Waals surface area contributed by atoms with E-state index in [1.165, 1.54) is 0 Å². The van der Waals surface area contributed by atoms with Crippen LogP contribution in [-0.2, 0) is 0 Å². The van der Waals surface area contributed by atoms with Gasteiger partial charge >= 0.3 is 0 Å². The summed E-state index contributed by atoms with van der Waals surface area (Å²) in [6.07, 6.45) is 3.23. The molecule has 2 rings (SSSR count). The first kappa shape index (κ1) is 10.9. The minimum absolute atomic E-state index is 0.00282. The lowest BCUT2D eigenvalue weighted by Gasteiger charge is -2.31. The van der Waals surface area contributed by atoms with E-state index >= 15 is 0 Å². The molecule has 0 heterocycles. The molecule has 0 radical (unpaired) electrons. The third-order valence-corrected chi connectivity index (χ3v) is 3.70. The number of nitriles is 2. The molecule has 3 atom stereocenters. The van der Waals surface area contributed by atoms with Gasteiger partial charge in [-0.15, -0.1) is 0 Å². The van der Waals surface area contributed by atoms with Crippen LogP contribution in [0.25, 0.3) is 0 Å². The van der Waals surface area contributed by atoms with E-state index in [1.807, 2.05) is 4.90 Å². The van der Waals surface area contributed by atoms with E-state index in [4.69, 9.17) is 15.7 Å². The number of hydrogen-bond acceptors (Lipinski definition) is 5. The predicted octanol–water partition coefficient (Wildman–Crippen LogP) is 0.964. The Kier molecular flexibility index (Phi) is 3.07. The highest BCUT2D eigenvalue weighted by molar-refractivity contribution is 5.94. The molecule has 0 aromatic heterocycles. The summed E-state index contributed by atoms with van der Waals surface area (Å²) in [5, 5.41) is 29.9. The summed E-state index contributed by atoms with van der Waals surface area (Å²) in [6.45, 7) is 0.445. The zero-order valence-electron chi connectivity index (χ0n) is 9.00. The fourth-order valence-electron chi connectivity index (χ4n) is 3.12. The molecule has 2 aliphatic carbocycles. The summed E-state index contributed by atoms with van der Waals surface area (Å²) >= 11 is 0. The van der Waals surface area contributed by atoms with Crippen molar-refractivity contribution in [3.05, 3.63) is 0 Å². The average Bonchev–Trinajstić information content (AvgIpc) is 2.88. The molecule has 1 N–H and O–H groups in total. The van der Waals surface area contributed by atoms with Gasteiger partial charge in [-0.1, -0.05) is 5.16 Å². The van der Waals surface area contributed by atoms with Gasteiger partial charge in [0.25, 0.3) is 0 Å². The summed E-state index contributed by atoms with van der Waals surface area (Å²) < 4.78 is 0. The quantitative estimate of drug-likeness (QED) is 0.434. The van der Waals surface area contributed by atoms with Crippen molar-refractivity contribution in [1.29, 1.82) is 10.5 Å². The van der Waals surface area contributed by atoms with Crippen LogP contribution in [-0.4, -0.2) is 35.0 Å². The maximum atomic E-state index is 9.04. The summed E-state index contributed by atoms with van der Waals surface area (Å²) in [6, 6.07) is 4.15. The van der Waals surface area contributed by atoms with Gasteiger partial charge < -0.3 is 5.21 Å². The zero-order valence-corrected chi connectivity index (χ0v) is 9.00. The summed E-state index contributed by atoms with van der Waals surface area (Å²) in [7, 11) is 0. The van der Waals surface area contributed by atoms with Crippen molar-refractivity contribution in [2.24, 2.45) is 17.0 Å². The molecule has 2 fully saturated rings. The molecular weight excluding hydrogens is 204 g/mol. The molecule has 0 aromatic carbocycles. The van der Waals surface area contributed by atoms with Crippen molar-refractivity contribution in [3.8, 4) is 12.1 Å². The maximum absolute atomic E-state index is 9.04. The largest absolute Gasteiger partial charge is 0.411 e. The second-order valence-corrected chi connectivity index (χ2v) is 4.46. The van der Waals surface area contributed by atoms with E-state index < -0.39 is 0 Å². The van der Waals surface area contributed by atoms with Crippen LogP contribution >= 0.6 is 0 Å². The number of fused-ring (bicyclic) bond motifs is 2. The first-order chi connectivity index (χ1) is 7.81. The SMILES string of the molecule is N#CCN(CC#N)[C@@H]1/C(=N/O)[C@H]2CC[C@@H]1C2. The normalized spacial score (nSPS) is 34.2. The van der Waals surface area contributed by atoms with Gasteiger partial charge in [0, 0.05) is 5.92 Å². The average molecular weight is 218 g/mol. The van der Waals surface area contributed by atoms with E-state index in [2.05, 4.69) is 17.3 Å². The van der Waals surface area contributed by atoms with Crippen LogP contribution in [0.2, 0.25) is 0 Å². The van der Waals surface area contributed by atoms with Crippen molar-refractivity contribution >= 4 is 5.71 Å². The topological polar surface area (TPSA) is 83.4 Å². The van der Waals surface area contributed by atoms with Crippen LogP contribution in [0.4, 0.5) is 0 Å². The predicted molar refractivity (Wildman–Crippen MR) is 56.6 cm³/mol. The van der Waals surface area contributed by atoms with Crippen molar-refractivity contribution in [1.82, 2.24) is 4.90 Å².